The fourth-order valence-electron chi connectivity index (χ4n) is 2.12. The normalized spacial score (nSPS) is 15.0. The molecule has 0 spiro atoms. The van der Waals surface area contributed by atoms with E-state index in [1.54, 1.807) is 12.1 Å². The van der Waals surface area contributed by atoms with E-state index in [4.69, 9.17) is 0 Å². The van der Waals surface area contributed by atoms with E-state index in [9.17, 15) is 18.8 Å². The summed E-state index contributed by atoms with van der Waals surface area (Å²) in [6.07, 6.45) is -0.474. The Kier molecular flexibility index (Phi) is 3.65. The van der Waals surface area contributed by atoms with E-state index >= 15 is 0 Å². The quantitative estimate of drug-likeness (QED) is 0.620. The number of nitrogens with zero attached hydrogens (tertiary/aromatic N) is 1. The van der Waals surface area contributed by atoms with Gasteiger partial charge in [-0.2, -0.15) is 0 Å². The first-order chi connectivity index (χ1) is 9.47. The lowest BCUT2D eigenvalue weighted by Crippen LogP contribution is -2.45. The number of methoxy groups -OCH3 is 1. The Morgan fingerprint density at radius 2 is 1.80 bits per heavy atom. The second-order valence-electron chi connectivity index (χ2n) is 4.29. The van der Waals surface area contributed by atoms with Gasteiger partial charge in [-0.05, 0) is 12.1 Å². The van der Waals surface area contributed by atoms with Crippen LogP contribution in [0.1, 0.15) is 27.1 Å². The Labute approximate surface area is 114 Å². The maximum atomic E-state index is 13.0. The molecule has 5 nitrogen and oxygen atoms in total. The van der Waals surface area contributed by atoms with Gasteiger partial charge in [-0.1, -0.05) is 18.7 Å². The lowest BCUT2D eigenvalue weighted by atomic mass is 10.1. The summed E-state index contributed by atoms with van der Waals surface area (Å²) in [5, 5.41) is 0. The Bertz CT molecular complexity index is 576. The molecular weight excluding hydrogens is 265 g/mol. The number of halogens is 1. The molecule has 0 radical (unpaired) electrons. The summed E-state index contributed by atoms with van der Waals surface area (Å²) in [6, 6.07) is 4.83. The summed E-state index contributed by atoms with van der Waals surface area (Å²) in [5.74, 6) is -2.94. The smallest absolute Gasteiger partial charge is 0.329 e. The number of ether oxygens (including phenoxy) is 1. The van der Waals surface area contributed by atoms with Gasteiger partial charge in [0.25, 0.3) is 11.8 Å². The zero-order valence-corrected chi connectivity index (χ0v) is 10.8. The number of fused-ring (bicyclic) bond motifs is 1. The highest BCUT2D eigenvalue weighted by Gasteiger charge is 2.43. The predicted molar refractivity (Wildman–Crippen MR) is 67.6 cm³/mol. The first kappa shape index (κ1) is 13.9. The highest BCUT2D eigenvalue weighted by atomic mass is 19.1. The number of amides is 2. The Balaban J connectivity index is 2.41. The summed E-state index contributed by atoms with van der Waals surface area (Å²) in [4.78, 5) is 36.8. The second-order valence-corrected chi connectivity index (χ2v) is 4.29. The molecule has 0 N–H and O–H groups in total. The van der Waals surface area contributed by atoms with Gasteiger partial charge < -0.3 is 4.74 Å². The van der Waals surface area contributed by atoms with Gasteiger partial charge in [-0.3, -0.25) is 14.5 Å². The predicted octanol–water partition coefficient (Wildman–Crippen LogP) is 1.70. The van der Waals surface area contributed by atoms with Gasteiger partial charge in [0.15, 0.2) is 0 Å². The van der Waals surface area contributed by atoms with Crippen molar-refractivity contribution in [2.45, 2.75) is 12.5 Å². The first-order valence-electron chi connectivity index (χ1n) is 5.85. The van der Waals surface area contributed by atoms with Crippen molar-refractivity contribution in [2.75, 3.05) is 7.11 Å². The highest BCUT2D eigenvalue weighted by molar-refractivity contribution is 6.22. The number of carbonyl (C=O) groups excluding carboxylic acids is 3. The van der Waals surface area contributed by atoms with Crippen molar-refractivity contribution < 1.29 is 23.5 Å². The molecule has 0 aromatic heterocycles. The van der Waals surface area contributed by atoms with Crippen LogP contribution >= 0.6 is 0 Å². The van der Waals surface area contributed by atoms with Crippen molar-refractivity contribution >= 4 is 17.8 Å². The molecule has 0 aliphatic carbocycles. The molecule has 1 unspecified atom stereocenters. The van der Waals surface area contributed by atoms with Gasteiger partial charge in [0.1, 0.15) is 6.04 Å². The van der Waals surface area contributed by atoms with Gasteiger partial charge >= 0.3 is 5.97 Å². The van der Waals surface area contributed by atoms with E-state index in [-0.39, 0.29) is 11.1 Å². The number of hydrogen-bond donors (Lipinski definition) is 0. The van der Waals surface area contributed by atoms with Crippen molar-refractivity contribution in [2.24, 2.45) is 0 Å². The molecule has 20 heavy (non-hydrogen) atoms. The Hall–Kier alpha value is -2.50. The molecule has 2 amide bonds. The lowest BCUT2D eigenvalue weighted by molar-refractivity contribution is -0.145. The minimum absolute atomic E-state index is 0.191. The van der Waals surface area contributed by atoms with Crippen molar-refractivity contribution in [1.82, 2.24) is 4.90 Å². The van der Waals surface area contributed by atoms with Crippen molar-refractivity contribution in [1.29, 1.82) is 0 Å². The molecule has 0 saturated carbocycles. The minimum Gasteiger partial charge on any atom is -0.467 e. The van der Waals surface area contributed by atoms with Gasteiger partial charge in [0, 0.05) is 6.42 Å². The zero-order chi connectivity index (χ0) is 14.9. The third-order valence-corrected chi connectivity index (χ3v) is 3.03. The van der Waals surface area contributed by atoms with E-state index in [1.807, 2.05) is 0 Å². The molecule has 2 rings (SSSR count). The third-order valence-electron chi connectivity index (χ3n) is 3.03. The second kappa shape index (κ2) is 5.24. The number of imide groups is 1. The van der Waals surface area contributed by atoms with Crippen LogP contribution < -0.4 is 0 Å². The fourth-order valence-corrected chi connectivity index (χ4v) is 2.12. The fraction of sp³-hybridized carbons (Fsp3) is 0.214. The van der Waals surface area contributed by atoms with Crippen LogP contribution in [0, 0.1) is 0 Å². The number of rotatable bonds is 4. The van der Waals surface area contributed by atoms with Crippen LogP contribution in [-0.4, -0.2) is 35.8 Å². The molecule has 1 heterocycles. The minimum atomic E-state index is -1.34. The summed E-state index contributed by atoms with van der Waals surface area (Å²) in [5.41, 5.74) is 0.381. The van der Waals surface area contributed by atoms with Crippen LogP contribution in [0.3, 0.4) is 0 Å². The van der Waals surface area contributed by atoms with Crippen LogP contribution in [0.25, 0.3) is 0 Å². The average Bonchev–Trinajstić information content (AvgIpc) is 2.68. The molecule has 0 fully saturated rings. The topological polar surface area (TPSA) is 63.7 Å². The van der Waals surface area contributed by atoms with Gasteiger partial charge in [0.05, 0.1) is 24.1 Å². The molecule has 0 saturated heterocycles. The summed E-state index contributed by atoms with van der Waals surface area (Å²) < 4.78 is 17.6. The van der Waals surface area contributed by atoms with Crippen LogP contribution in [0.4, 0.5) is 4.39 Å². The van der Waals surface area contributed by atoms with E-state index in [2.05, 4.69) is 11.3 Å². The van der Waals surface area contributed by atoms with Gasteiger partial charge in [0.2, 0.25) is 0 Å². The van der Waals surface area contributed by atoms with Crippen LogP contribution in [0.2, 0.25) is 0 Å². The number of benzene rings is 1. The molecule has 104 valence electrons. The molecule has 0 bridgehead atoms. The van der Waals surface area contributed by atoms with Crippen LogP contribution in [0.15, 0.2) is 36.7 Å². The molecule has 1 aliphatic heterocycles. The zero-order valence-electron chi connectivity index (χ0n) is 10.8. The monoisotopic (exact) mass is 277 g/mol. The Morgan fingerprint density at radius 1 is 1.30 bits per heavy atom. The Morgan fingerprint density at radius 3 is 2.20 bits per heavy atom. The van der Waals surface area contributed by atoms with Crippen LogP contribution in [0.5, 0.6) is 0 Å². The highest BCUT2D eigenvalue weighted by Crippen LogP contribution is 2.27. The van der Waals surface area contributed by atoms with Crippen LogP contribution in [-0.2, 0) is 9.53 Å². The summed E-state index contributed by atoms with van der Waals surface area (Å²) in [6.45, 7) is 3.06. The van der Waals surface area contributed by atoms with Crippen molar-refractivity contribution in [3.63, 3.8) is 0 Å². The van der Waals surface area contributed by atoms with E-state index in [0.29, 0.717) is 0 Å². The van der Waals surface area contributed by atoms with E-state index in [1.165, 1.54) is 12.1 Å². The molecule has 1 aliphatic rings. The van der Waals surface area contributed by atoms with E-state index in [0.717, 1.165) is 12.0 Å². The first-order valence-corrected chi connectivity index (χ1v) is 5.85. The van der Waals surface area contributed by atoms with E-state index < -0.39 is 36.1 Å². The molecular formula is C14H12FNO4. The standard InChI is InChI=1S/C14H12FNO4/c1-8(15)7-11(14(19)20-2)16-12(17)9-5-3-4-6-10(9)13(16)18/h3-6,11H,1,7H2,2H3. The van der Waals surface area contributed by atoms with Crippen molar-refractivity contribution in [3.8, 4) is 0 Å². The SMILES string of the molecule is C=C(F)CC(C(=O)OC)N1C(=O)c2ccccc2C1=O. The maximum Gasteiger partial charge on any atom is 0.329 e. The average molecular weight is 277 g/mol. The number of carbonyl (C=O) groups is 3. The molecule has 6 heteroatoms. The van der Waals surface area contributed by atoms with Gasteiger partial charge in [-0.25, -0.2) is 9.18 Å². The number of hydrogen-bond acceptors (Lipinski definition) is 4. The molecule has 1 aromatic rings. The summed E-state index contributed by atoms with van der Waals surface area (Å²) >= 11 is 0. The maximum absolute atomic E-state index is 13.0. The number of esters is 1. The summed E-state index contributed by atoms with van der Waals surface area (Å²) in [7, 11) is 1.11. The van der Waals surface area contributed by atoms with Crippen molar-refractivity contribution in [3.05, 3.63) is 47.8 Å². The molecule has 1 atom stereocenters. The van der Waals surface area contributed by atoms with Gasteiger partial charge in [-0.15, -0.1) is 0 Å². The third kappa shape index (κ3) is 2.20. The largest absolute Gasteiger partial charge is 0.467 e. The lowest BCUT2D eigenvalue weighted by Gasteiger charge is -2.23. The molecule has 1 aromatic carbocycles.